The van der Waals surface area contributed by atoms with Gasteiger partial charge in [0.15, 0.2) is 18.1 Å². The number of anilines is 1. The Kier molecular flexibility index (Phi) is 8.92. The average molecular weight is 443 g/mol. The SMILES string of the molecule is COc1cccc(/C=C/C(=O)OCC(=O)N(CCC#N)c2ccc(Cl)c(C)c2)c1OC. The highest BCUT2D eigenvalue weighted by Crippen LogP contribution is 2.31. The van der Waals surface area contributed by atoms with Crippen molar-refractivity contribution in [2.24, 2.45) is 0 Å². The fourth-order valence-corrected chi connectivity index (χ4v) is 2.93. The molecule has 1 amide bonds. The molecule has 0 saturated heterocycles. The minimum absolute atomic E-state index is 0.136. The largest absolute Gasteiger partial charge is 0.493 e. The number of ether oxygens (including phenoxy) is 3. The van der Waals surface area contributed by atoms with Gasteiger partial charge in [-0.15, -0.1) is 0 Å². The Hall–Kier alpha value is -3.50. The first-order chi connectivity index (χ1) is 14.9. The molecule has 0 aliphatic rings. The van der Waals surface area contributed by atoms with Crippen LogP contribution in [0.15, 0.2) is 42.5 Å². The first kappa shape index (κ1) is 23.8. The number of nitrogens with zero attached hydrogens (tertiary/aromatic N) is 2. The number of carbonyl (C=O) groups is 2. The van der Waals surface area contributed by atoms with Crippen molar-refractivity contribution in [1.82, 2.24) is 0 Å². The Morgan fingerprint density at radius 2 is 1.97 bits per heavy atom. The number of rotatable bonds is 9. The van der Waals surface area contributed by atoms with Crippen LogP contribution in [-0.2, 0) is 14.3 Å². The van der Waals surface area contributed by atoms with Crippen molar-refractivity contribution in [3.05, 3.63) is 58.6 Å². The predicted molar refractivity (Wildman–Crippen MR) is 118 cm³/mol. The monoisotopic (exact) mass is 442 g/mol. The van der Waals surface area contributed by atoms with E-state index in [1.54, 1.807) is 36.4 Å². The number of aryl methyl sites for hydroxylation is 1. The summed E-state index contributed by atoms with van der Waals surface area (Å²) in [4.78, 5) is 26.2. The molecule has 2 aromatic rings. The number of methoxy groups -OCH3 is 2. The summed E-state index contributed by atoms with van der Waals surface area (Å²) in [5.41, 5.74) is 1.99. The summed E-state index contributed by atoms with van der Waals surface area (Å²) in [5, 5.41) is 9.47. The zero-order valence-corrected chi connectivity index (χ0v) is 18.3. The van der Waals surface area contributed by atoms with Gasteiger partial charge in [0, 0.05) is 28.9 Å². The van der Waals surface area contributed by atoms with E-state index in [9.17, 15) is 9.59 Å². The highest BCUT2D eigenvalue weighted by molar-refractivity contribution is 6.31. The molecule has 0 fully saturated rings. The molecule has 0 radical (unpaired) electrons. The second-order valence-electron chi connectivity index (χ2n) is 6.41. The van der Waals surface area contributed by atoms with E-state index < -0.39 is 18.5 Å². The zero-order valence-electron chi connectivity index (χ0n) is 17.6. The first-order valence-electron chi connectivity index (χ1n) is 9.40. The fraction of sp³-hybridized carbons (Fsp3) is 0.261. The lowest BCUT2D eigenvalue weighted by molar-refractivity contribution is -0.142. The normalized spacial score (nSPS) is 10.4. The third kappa shape index (κ3) is 6.49. The maximum absolute atomic E-state index is 12.7. The topological polar surface area (TPSA) is 88.9 Å². The molecule has 2 aromatic carbocycles. The molecule has 0 N–H and O–H groups in total. The van der Waals surface area contributed by atoms with Gasteiger partial charge in [0.25, 0.3) is 5.91 Å². The number of esters is 1. The van der Waals surface area contributed by atoms with Crippen molar-refractivity contribution in [3.8, 4) is 17.6 Å². The molecule has 0 aromatic heterocycles. The van der Waals surface area contributed by atoms with Gasteiger partial charge in [0.2, 0.25) is 0 Å². The quantitative estimate of drug-likeness (QED) is 0.427. The smallest absolute Gasteiger partial charge is 0.331 e. The van der Waals surface area contributed by atoms with Gasteiger partial charge < -0.3 is 19.1 Å². The molecule has 162 valence electrons. The maximum atomic E-state index is 12.7. The number of amides is 1. The van der Waals surface area contributed by atoms with Crippen molar-refractivity contribution >= 4 is 35.2 Å². The Morgan fingerprint density at radius 1 is 1.19 bits per heavy atom. The maximum Gasteiger partial charge on any atom is 0.331 e. The van der Waals surface area contributed by atoms with Gasteiger partial charge >= 0.3 is 5.97 Å². The van der Waals surface area contributed by atoms with Crippen LogP contribution < -0.4 is 14.4 Å². The molecule has 0 aliphatic heterocycles. The van der Waals surface area contributed by atoms with Crippen molar-refractivity contribution in [2.75, 3.05) is 32.3 Å². The van der Waals surface area contributed by atoms with E-state index in [0.717, 1.165) is 5.56 Å². The van der Waals surface area contributed by atoms with Crippen molar-refractivity contribution in [2.45, 2.75) is 13.3 Å². The molecular formula is C23H23ClN2O5. The van der Waals surface area contributed by atoms with Gasteiger partial charge in [0.05, 0.1) is 26.7 Å². The molecule has 8 heteroatoms. The second kappa shape index (κ2) is 11.6. The van der Waals surface area contributed by atoms with Gasteiger partial charge in [-0.3, -0.25) is 4.79 Å². The summed E-state index contributed by atoms with van der Waals surface area (Å²) in [5.74, 6) is -0.131. The standard InChI is InChI=1S/C23H23ClN2O5/c1-16-14-18(9-10-19(16)24)26(13-5-12-25)21(27)15-31-22(28)11-8-17-6-4-7-20(29-2)23(17)30-3/h4,6-11,14H,5,13,15H2,1-3H3/b11-8+. The summed E-state index contributed by atoms with van der Waals surface area (Å²) >= 11 is 6.05. The predicted octanol–water partition coefficient (Wildman–Crippen LogP) is 4.17. The van der Waals surface area contributed by atoms with E-state index in [-0.39, 0.29) is 13.0 Å². The van der Waals surface area contributed by atoms with Crippen LogP contribution in [-0.4, -0.2) is 39.2 Å². The van der Waals surface area contributed by atoms with E-state index in [4.69, 9.17) is 31.1 Å². The van der Waals surface area contributed by atoms with Crippen LogP contribution in [0.3, 0.4) is 0 Å². The lowest BCUT2D eigenvalue weighted by Crippen LogP contribution is -2.35. The Balaban J connectivity index is 2.06. The van der Waals surface area contributed by atoms with E-state index in [2.05, 4.69) is 0 Å². The van der Waals surface area contributed by atoms with Gasteiger partial charge in [-0.1, -0.05) is 23.7 Å². The van der Waals surface area contributed by atoms with Crippen LogP contribution in [0.2, 0.25) is 5.02 Å². The molecule has 0 aliphatic carbocycles. The molecule has 31 heavy (non-hydrogen) atoms. The summed E-state index contributed by atoms with van der Waals surface area (Å²) in [7, 11) is 3.02. The van der Waals surface area contributed by atoms with Gasteiger partial charge in [-0.2, -0.15) is 5.26 Å². The van der Waals surface area contributed by atoms with Crippen LogP contribution >= 0.6 is 11.6 Å². The van der Waals surface area contributed by atoms with Crippen LogP contribution in [0.5, 0.6) is 11.5 Å². The number of para-hydroxylation sites is 1. The summed E-state index contributed by atoms with van der Waals surface area (Å²) < 4.78 is 15.6. The van der Waals surface area contributed by atoms with Crippen LogP contribution in [0.25, 0.3) is 6.08 Å². The number of nitriles is 1. The third-order valence-electron chi connectivity index (χ3n) is 4.37. The highest BCUT2D eigenvalue weighted by atomic mass is 35.5. The first-order valence-corrected chi connectivity index (χ1v) is 9.78. The summed E-state index contributed by atoms with van der Waals surface area (Å²) in [6.07, 6.45) is 2.86. The van der Waals surface area contributed by atoms with Crippen LogP contribution in [0.1, 0.15) is 17.5 Å². The molecule has 0 atom stereocenters. The Morgan fingerprint density at radius 3 is 2.61 bits per heavy atom. The van der Waals surface area contributed by atoms with Crippen molar-refractivity contribution in [3.63, 3.8) is 0 Å². The third-order valence-corrected chi connectivity index (χ3v) is 4.80. The van der Waals surface area contributed by atoms with Crippen LogP contribution in [0.4, 0.5) is 5.69 Å². The summed E-state index contributed by atoms with van der Waals surface area (Å²) in [6.45, 7) is 1.52. The Bertz CT molecular complexity index is 1010. The van der Waals surface area contributed by atoms with Gasteiger partial charge in [-0.05, 0) is 42.8 Å². The number of hydrogen-bond donors (Lipinski definition) is 0. The molecule has 7 nitrogen and oxygen atoms in total. The zero-order chi connectivity index (χ0) is 22.8. The molecule has 2 rings (SSSR count). The van der Waals surface area contributed by atoms with Crippen LogP contribution in [0, 0.1) is 18.3 Å². The number of halogens is 1. The van der Waals surface area contributed by atoms with E-state index >= 15 is 0 Å². The van der Waals surface area contributed by atoms with Gasteiger partial charge in [-0.25, -0.2) is 4.79 Å². The summed E-state index contributed by atoms with van der Waals surface area (Å²) in [6, 6.07) is 12.4. The van der Waals surface area contributed by atoms with Crippen molar-refractivity contribution < 1.29 is 23.8 Å². The minimum Gasteiger partial charge on any atom is -0.493 e. The number of carbonyl (C=O) groups excluding carboxylic acids is 2. The lowest BCUT2D eigenvalue weighted by atomic mass is 10.1. The van der Waals surface area contributed by atoms with E-state index in [0.29, 0.717) is 27.8 Å². The molecule has 0 spiro atoms. The molecular weight excluding hydrogens is 420 g/mol. The average Bonchev–Trinajstić information content (AvgIpc) is 2.78. The van der Waals surface area contributed by atoms with E-state index in [1.165, 1.54) is 31.3 Å². The Labute approximate surface area is 186 Å². The molecule has 0 unspecified atom stereocenters. The number of benzene rings is 2. The molecule has 0 heterocycles. The fourth-order valence-electron chi connectivity index (χ4n) is 2.82. The lowest BCUT2D eigenvalue weighted by Gasteiger charge is -2.22. The van der Waals surface area contributed by atoms with Crippen molar-refractivity contribution in [1.29, 1.82) is 5.26 Å². The van der Waals surface area contributed by atoms with E-state index in [1.807, 2.05) is 13.0 Å². The number of hydrogen-bond acceptors (Lipinski definition) is 6. The van der Waals surface area contributed by atoms with Gasteiger partial charge in [0.1, 0.15) is 0 Å². The second-order valence-corrected chi connectivity index (χ2v) is 6.82. The molecule has 0 bridgehead atoms. The molecule has 0 saturated carbocycles. The highest BCUT2D eigenvalue weighted by Gasteiger charge is 2.18. The minimum atomic E-state index is -0.689.